The maximum absolute atomic E-state index is 14.8. The molecular formula is C25H30ClFN2O3S. The van der Waals surface area contributed by atoms with Gasteiger partial charge in [0.25, 0.3) is 5.91 Å². The number of hydrogen-bond donors (Lipinski definition) is 1. The molecule has 4 rings (SSSR count). The molecule has 2 fully saturated rings. The molecule has 2 aliphatic carbocycles. The molecule has 33 heavy (non-hydrogen) atoms. The maximum Gasteiger partial charge on any atom is 0.253 e. The smallest absolute Gasteiger partial charge is 0.253 e. The monoisotopic (exact) mass is 492 g/mol. The average Bonchev–Trinajstić information content (AvgIpc) is 3.22. The van der Waals surface area contributed by atoms with E-state index in [0.29, 0.717) is 5.92 Å². The molecule has 0 heterocycles. The van der Waals surface area contributed by atoms with E-state index in [4.69, 9.17) is 11.6 Å². The van der Waals surface area contributed by atoms with Gasteiger partial charge >= 0.3 is 0 Å². The average molecular weight is 493 g/mol. The minimum absolute atomic E-state index is 0.0128. The Morgan fingerprint density at radius 2 is 1.88 bits per heavy atom. The van der Waals surface area contributed by atoms with Crippen LogP contribution in [0.2, 0.25) is 5.02 Å². The van der Waals surface area contributed by atoms with E-state index < -0.39 is 26.6 Å². The van der Waals surface area contributed by atoms with Gasteiger partial charge in [-0.2, -0.15) is 4.31 Å². The molecule has 178 valence electrons. The van der Waals surface area contributed by atoms with Crippen molar-refractivity contribution in [3.8, 4) is 0 Å². The molecule has 0 saturated heterocycles. The Kier molecular flexibility index (Phi) is 6.13. The summed E-state index contributed by atoms with van der Waals surface area (Å²) in [7, 11) is -2.81. The Bertz CT molecular complexity index is 1180. The summed E-state index contributed by atoms with van der Waals surface area (Å²) in [5.74, 6) is -0.934. The Hall–Kier alpha value is -1.96. The number of sulfonamides is 1. The van der Waals surface area contributed by atoms with Gasteiger partial charge in [0.05, 0.1) is 10.6 Å². The standard InChI is InChI=1S/C25H30ClFN2O3S/c1-24(2)17-10-11-25(3,14-17)23(24)28-22(30)18-12-21(20(27)13-19(18)26)33(31,32)29(4)15-16-8-6-5-7-9-16/h5-9,12-13,17,23H,10-11,14-15H2,1-4H3,(H,28,30). The zero-order chi connectivity index (χ0) is 24.2. The number of halogens is 2. The van der Waals surface area contributed by atoms with Crippen LogP contribution in [0.25, 0.3) is 0 Å². The predicted molar refractivity (Wildman–Crippen MR) is 127 cm³/mol. The fourth-order valence-corrected chi connectivity index (χ4v) is 7.33. The van der Waals surface area contributed by atoms with Crippen LogP contribution in [0.15, 0.2) is 47.4 Å². The fourth-order valence-electron chi connectivity index (χ4n) is 5.87. The van der Waals surface area contributed by atoms with Crippen LogP contribution < -0.4 is 5.32 Å². The topological polar surface area (TPSA) is 66.5 Å². The second-order valence-corrected chi connectivity index (χ2v) is 12.8. The number of nitrogens with one attached hydrogen (secondary N) is 1. The van der Waals surface area contributed by atoms with Gasteiger partial charge in [0, 0.05) is 19.6 Å². The van der Waals surface area contributed by atoms with E-state index in [1.807, 2.05) is 6.07 Å². The number of benzene rings is 2. The lowest BCUT2D eigenvalue weighted by atomic mass is 9.68. The van der Waals surface area contributed by atoms with Gasteiger partial charge in [0.1, 0.15) is 10.7 Å². The Balaban J connectivity index is 1.62. The van der Waals surface area contributed by atoms with Crippen LogP contribution >= 0.6 is 11.6 Å². The van der Waals surface area contributed by atoms with Crippen molar-refractivity contribution in [3.63, 3.8) is 0 Å². The van der Waals surface area contributed by atoms with Crippen molar-refractivity contribution in [1.82, 2.24) is 9.62 Å². The molecule has 0 spiro atoms. The third-order valence-corrected chi connectivity index (χ3v) is 9.88. The lowest BCUT2D eigenvalue weighted by Crippen LogP contribution is -2.52. The number of carbonyl (C=O) groups is 1. The van der Waals surface area contributed by atoms with Crippen LogP contribution in [0, 0.1) is 22.6 Å². The second-order valence-electron chi connectivity index (χ2n) is 10.3. The van der Waals surface area contributed by atoms with Gasteiger partial charge in [-0.05, 0) is 53.7 Å². The van der Waals surface area contributed by atoms with E-state index in [0.717, 1.165) is 41.3 Å². The summed E-state index contributed by atoms with van der Waals surface area (Å²) in [6.45, 7) is 6.58. The number of hydrogen-bond acceptors (Lipinski definition) is 3. The van der Waals surface area contributed by atoms with Gasteiger partial charge in [-0.3, -0.25) is 4.79 Å². The Morgan fingerprint density at radius 3 is 2.48 bits per heavy atom. The fraction of sp³-hybridized carbons (Fsp3) is 0.480. The van der Waals surface area contributed by atoms with Crippen LogP contribution in [-0.4, -0.2) is 31.7 Å². The van der Waals surface area contributed by atoms with Crippen LogP contribution in [-0.2, 0) is 16.6 Å². The summed E-state index contributed by atoms with van der Waals surface area (Å²) in [4.78, 5) is 12.7. The number of nitrogens with zero attached hydrogens (tertiary/aromatic N) is 1. The number of rotatable bonds is 6. The molecule has 3 atom stereocenters. The number of carbonyl (C=O) groups excluding carboxylic acids is 1. The molecule has 2 bridgehead atoms. The number of amides is 1. The third-order valence-electron chi connectivity index (χ3n) is 7.75. The minimum Gasteiger partial charge on any atom is -0.348 e. The van der Waals surface area contributed by atoms with E-state index >= 15 is 0 Å². The highest BCUT2D eigenvalue weighted by Crippen LogP contribution is 2.62. The van der Waals surface area contributed by atoms with Gasteiger partial charge in [-0.1, -0.05) is 62.7 Å². The van der Waals surface area contributed by atoms with Gasteiger partial charge in [-0.25, -0.2) is 12.8 Å². The third kappa shape index (κ3) is 4.19. The first kappa shape index (κ1) is 24.2. The molecule has 1 N–H and O–H groups in total. The molecule has 0 aliphatic heterocycles. The largest absolute Gasteiger partial charge is 0.348 e. The minimum atomic E-state index is -4.19. The number of fused-ring (bicyclic) bond motifs is 2. The summed E-state index contributed by atoms with van der Waals surface area (Å²) >= 11 is 6.22. The molecule has 5 nitrogen and oxygen atoms in total. The van der Waals surface area contributed by atoms with Crippen molar-refractivity contribution >= 4 is 27.5 Å². The highest BCUT2D eigenvalue weighted by molar-refractivity contribution is 7.89. The molecule has 1 amide bonds. The molecular weight excluding hydrogens is 463 g/mol. The first-order valence-electron chi connectivity index (χ1n) is 11.2. The van der Waals surface area contributed by atoms with Gasteiger partial charge < -0.3 is 5.32 Å². The summed E-state index contributed by atoms with van der Waals surface area (Å²) in [5.41, 5.74) is 0.635. The van der Waals surface area contributed by atoms with Crippen molar-refractivity contribution in [2.24, 2.45) is 16.7 Å². The van der Waals surface area contributed by atoms with Gasteiger partial charge in [0.15, 0.2) is 0 Å². The van der Waals surface area contributed by atoms with Crippen LogP contribution in [0.3, 0.4) is 0 Å². The van der Waals surface area contributed by atoms with Crippen LogP contribution in [0.4, 0.5) is 4.39 Å². The van der Waals surface area contributed by atoms with Gasteiger partial charge in [-0.15, -0.1) is 0 Å². The van der Waals surface area contributed by atoms with E-state index in [9.17, 15) is 17.6 Å². The van der Waals surface area contributed by atoms with E-state index in [1.54, 1.807) is 24.3 Å². The summed E-state index contributed by atoms with van der Waals surface area (Å²) in [6.07, 6.45) is 3.22. The maximum atomic E-state index is 14.8. The van der Waals surface area contributed by atoms with E-state index in [1.165, 1.54) is 7.05 Å². The van der Waals surface area contributed by atoms with Crippen molar-refractivity contribution in [2.45, 2.75) is 57.5 Å². The van der Waals surface area contributed by atoms with Crippen LogP contribution in [0.5, 0.6) is 0 Å². The van der Waals surface area contributed by atoms with Crippen molar-refractivity contribution in [1.29, 1.82) is 0 Å². The van der Waals surface area contributed by atoms with Gasteiger partial charge in [0.2, 0.25) is 10.0 Å². The van der Waals surface area contributed by atoms with Crippen molar-refractivity contribution in [2.75, 3.05) is 7.05 Å². The van der Waals surface area contributed by atoms with Crippen molar-refractivity contribution in [3.05, 3.63) is 64.4 Å². The molecule has 0 radical (unpaired) electrons. The molecule has 2 saturated carbocycles. The first-order chi connectivity index (χ1) is 15.4. The lowest BCUT2D eigenvalue weighted by molar-refractivity contribution is 0.0737. The molecule has 2 aromatic carbocycles. The van der Waals surface area contributed by atoms with E-state index in [-0.39, 0.29) is 34.0 Å². The zero-order valence-electron chi connectivity index (χ0n) is 19.4. The Morgan fingerprint density at radius 1 is 1.21 bits per heavy atom. The molecule has 2 aliphatic rings. The first-order valence-corrected chi connectivity index (χ1v) is 13.0. The Labute approximate surface area is 200 Å². The molecule has 2 aromatic rings. The van der Waals surface area contributed by atoms with Crippen LogP contribution in [0.1, 0.15) is 56.0 Å². The summed E-state index contributed by atoms with van der Waals surface area (Å²) in [5, 5.41) is 3.00. The summed E-state index contributed by atoms with van der Waals surface area (Å²) < 4.78 is 42.2. The molecule has 3 unspecified atom stereocenters. The van der Waals surface area contributed by atoms with E-state index in [2.05, 4.69) is 26.1 Å². The SMILES string of the molecule is CN(Cc1ccccc1)S(=O)(=O)c1cc(C(=O)NC2C3(C)CCC(C3)C2(C)C)c(Cl)cc1F. The molecule has 8 heteroatoms. The second kappa shape index (κ2) is 8.36. The zero-order valence-corrected chi connectivity index (χ0v) is 20.9. The quantitative estimate of drug-likeness (QED) is 0.599. The molecule has 0 aromatic heterocycles. The lowest BCUT2D eigenvalue weighted by Gasteiger charge is -2.43. The predicted octanol–water partition coefficient (Wildman–Crippen LogP) is 5.24. The highest BCUT2D eigenvalue weighted by atomic mass is 35.5. The normalized spacial score (nSPS) is 26.0. The highest BCUT2D eigenvalue weighted by Gasteiger charge is 2.59. The van der Waals surface area contributed by atoms with Crippen molar-refractivity contribution < 1.29 is 17.6 Å². The summed E-state index contributed by atoms with van der Waals surface area (Å²) in [6, 6.07) is 10.9.